The second kappa shape index (κ2) is 4.65. The lowest BCUT2D eigenvalue weighted by Gasteiger charge is -2.45. The van der Waals surface area contributed by atoms with E-state index in [2.05, 4.69) is 49.1 Å². The first-order valence-corrected chi connectivity index (χ1v) is 6.74. The standard InChI is InChI=1S/C15H21NO2/c1-12(2)14-9-18-15(10-17-11-15)16(14)8-13-6-4-3-5-7-13/h3-7,12,14H,8-11H2,1-2H3. The summed E-state index contributed by atoms with van der Waals surface area (Å²) >= 11 is 0. The van der Waals surface area contributed by atoms with Crippen molar-refractivity contribution < 1.29 is 9.47 Å². The van der Waals surface area contributed by atoms with Gasteiger partial charge >= 0.3 is 0 Å². The predicted octanol–water partition coefficient (Wildman–Crippen LogP) is 2.27. The minimum absolute atomic E-state index is 0.148. The van der Waals surface area contributed by atoms with Crippen LogP contribution in [0.15, 0.2) is 30.3 Å². The fourth-order valence-corrected chi connectivity index (χ4v) is 2.84. The minimum Gasteiger partial charge on any atom is -0.372 e. The van der Waals surface area contributed by atoms with E-state index in [4.69, 9.17) is 9.47 Å². The highest BCUT2D eigenvalue weighted by molar-refractivity contribution is 5.16. The molecule has 3 rings (SSSR count). The highest BCUT2D eigenvalue weighted by atomic mass is 16.6. The van der Waals surface area contributed by atoms with Crippen LogP contribution in [-0.2, 0) is 16.0 Å². The Labute approximate surface area is 109 Å². The highest BCUT2D eigenvalue weighted by Gasteiger charge is 2.53. The molecule has 0 radical (unpaired) electrons. The van der Waals surface area contributed by atoms with Crippen molar-refractivity contribution in [2.24, 2.45) is 5.92 Å². The van der Waals surface area contributed by atoms with Gasteiger partial charge in [0.05, 0.1) is 19.8 Å². The van der Waals surface area contributed by atoms with E-state index in [9.17, 15) is 0 Å². The predicted molar refractivity (Wildman–Crippen MR) is 70.1 cm³/mol. The summed E-state index contributed by atoms with van der Waals surface area (Å²) in [6, 6.07) is 11.1. The average molecular weight is 247 g/mol. The molecule has 0 N–H and O–H groups in total. The third-order valence-electron chi connectivity index (χ3n) is 4.07. The van der Waals surface area contributed by atoms with Crippen molar-refractivity contribution in [3.05, 3.63) is 35.9 Å². The van der Waals surface area contributed by atoms with Gasteiger partial charge in [-0.25, -0.2) is 0 Å². The fourth-order valence-electron chi connectivity index (χ4n) is 2.84. The monoisotopic (exact) mass is 247 g/mol. The Morgan fingerprint density at radius 3 is 2.56 bits per heavy atom. The summed E-state index contributed by atoms with van der Waals surface area (Å²) in [5.74, 6) is 0.605. The third-order valence-corrected chi connectivity index (χ3v) is 4.07. The molecule has 1 spiro atoms. The molecule has 0 bridgehead atoms. The zero-order chi connectivity index (χ0) is 12.6. The van der Waals surface area contributed by atoms with E-state index in [0.717, 1.165) is 13.2 Å². The zero-order valence-corrected chi connectivity index (χ0v) is 11.1. The van der Waals surface area contributed by atoms with Gasteiger partial charge in [-0.05, 0) is 11.5 Å². The molecule has 2 fully saturated rings. The topological polar surface area (TPSA) is 21.7 Å². The maximum atomic E-state index is 6.04. The van der Waals surface area contributed by atoms with Crippen LogP contribution in [-0.4, -0.2) is 36.5 Å². The molecule has 1 aromatic rings. The molecule has 0 aromatic heterocycles. The molecule has 1 atom stereocenters. The fraction of sp³-hybridized carbons (Fsp3) is 0.600. The Morgan fingerprint density at radius 2 is 2.00 bits per heavy atom. The summed E-state index contributed by atoms with van der Waals surface area (Å²) in [7, 11) is 0. The van der Waals surface area contributed by atoms with E-state index in [1.165, 1.54) is 5.56 Å². The number of rotatable bonds is 3. The van der Waals surface area contributed by atoms with Crippen LogP contribution in [0.4, 0.5) is 0 Å². The third kappa shape index (κ3) is 1.96. The summed E-state index contributed by atoms with van der Waals surface area (Å²) in [4.78, 5) is 2.50. The van der Waals surface area contributed by atoms with E-state index >= 15 is 0 Å². The molecule has 2 aliphatic heterocycles. The van der Waals surface area contributed by atoms with E-state index in [1.54, 1.807) is 0 Å². The molecule has 0 saturated carbocycles. The molecule has 3 heteroatoms. The van der Waals surface area contributed by atoms with Gasteiger partial charge in [0.2, 0.25) is 0 Å². The number of ether oxygens (including phenoxy) is 2. The molecule has 2 aliphatic rings. The molecule has 18 heavy (non-hydrogen) atoms. The summed E-state index contributed by atoms with van der Waals surface area (Å²) < 4.78 is 11.4. The van der Waals surface area contributed by atoms with Crippen molar-refractivity contribution in [3.63, 3.8) is 0 Å². The molecule has 0 aliphatic carbocycles. The van der Waals surface area contributed by atoms with E-state index < -0.39 is 0 Å². The maximum Gasteiger partial charge on any atom is 0.169 e. The first-order valence-electron chi connectivity index (χ1n) is 6.74. The summed E-state index contributed by atoms with van der Waals surface area (Å²) in [5, 5.41) is 0. The SMILES string of the molecule is CC(C)C1COC2(COC2)N1Cc1ccccc1. The molecule has 98 valence electrons. The Hall–Kier alpha value is -0.900. The Bertz CT molecular complexity index is 400. The van der Waals surface area contributed by atoms with Crippen LogP contribution >= 0.6 is 0 Å². The van der Waals surface area contributed by atoms with Gasteiger partial charge in [-0.2, -0.15) is 0 Å². The first-order chi connectivity index (χ1) is 8.71. The van der Waals surface area contributed by atoms with Gasteiger partial charge in [0.25, 0.3) is 0 Å². The van der Waals surface area contributed by atoms with Crippen LogP contribution in [0.2, 0.25) is 0 Å². The van der Waals surface area contributed by atoms with Gasteiger partial charge in [-0.3, -0.25) is 4.90 Å². The minimum atomic E-state index is -0.148. The van der Waals surface area contributed by atoms with Crippen molar-refractivity contribution in [3.8, 4) is 0 Å². The highest BCUT2D eigenvalue weighted by Crippen LogP contribution is 2.37. The van der Waals surface area contributed by atoms with Gasteiger partial charge in [0.15, 0.2) is 5.72 Å². The van der Waals surface area contributed by atoms with Gasteiger partial charge in [0.1, 0.15) is 0 Å². The van der Waals surface area contributed by atoms with Gasteiger partial charge in [-0.1, -0.05) is 44.2 Å². The van der Waals surface area contributed by atoms with E-state index in [-0.39, 0.29) is 5.72 Å². The number of benzene rings is 1. The van der Waals surface area contributed by atoms with Crippen molar-refractivity contribution in [1.29, 1.82) is 0 Å². The van der Waals surface area contributed by atoms with Crippen LogP contribution in [0, 0.1) is 5.92 Å². The molecule has 1 aromatic carbocycles. The quantitative estimate of drug-likeness (QED) is 0.818. The maximum absolute atomic E-state index is 6.04. The number of nitrogens with zero attached hydrogens (tertiary/aromatic N) is 1. The van der Waals surface area contributed by atoms with Gasteiger partial charge in [0, 0.05) is 12.6 Å². The normalized spacial score (nSPS) is 26.7. The van der Waals surface area contributed by atoms with Gasteiger partial charge in [-0.15, -0.1) is 0 Å². The smallest absolute Gasteiger partial charge is 0.169 e. The van der Waals surface area contributed by atoms with Gasteiger partial charge < -0.3 is 9.47 Å². The molecule has 1 unspecified atom stereocenters. The van der Waals surface area contributed by atoms with Crippen molar-refractivity contribution in [2.75, 3.05) is 19.8 Å². The van der Waals surface area contributed by atoms with Crippen molar-refractivity contribution in [2.45, 2.75) is 32.2 Å². The number of hydrogen-bond acceptors (Lipinski definition) is 3. The molecule has 2 saturated heterocycles. The van der Waals surface area contributed by atoms with E-state index in [0.29, 0.717) is 25.2 Å². The van der Waals surface area contributed by atoms with Crippen LogP contribution in [0.3, 0.4) is 0 Å². The molecular weight excluding hydrogens is 226 g/mol. The summed E-state index contributed by atoms with van der Waals surface area (Å²) in [6.45, 7) is 7.74. The second-order valence-electron chi connectivity index (χ2n) is 5.67. The van der Waals surface area contributed by atoms with Crippen molar-refractivity contribution >= 4 is 0 Å². The Balaban J connectivity index is 1.81. The van der Waals surface area contributed by atoms with Crippen LogP contribution in [0.1, 0.15) is 19.4 Å². The Kier molecular flexibility index (Phi) is 3.14. The average Bonchev–Trinajstić information content (AvgIpc) is 2.69. The van der Waals surface area contributed by atoms with Crippen LogP contribution in [0.25, 0.3) is 0 Å². The first kappa shape index (κ1) is 12.2. The summed E-state index contributed by atoms with van der Waals surface area (Å²) in [6.07, 6.45) is 0. The van der Waals surface area contributed by atoms with Crippen LogP contribution < -0.4 is 0 Å². The molecular formula is C15H21NO2. The molecule has 3 nitrogen and oxygen atoms in total. The lowest BCUT2D eigenvalue weighted by Crippen LogP contribution is -2.61. The Morgan fingerprint density at radius 1 is 1.28 bits per heavy atom. The number of hydrogen-bond donors (Lipinski definition) is 0. The zero-order valence-electron chi connectivity index (χ0n) is 11.1. The van der Waals surface area contributed by atoms with E-state index in [1.807, 2.05) is 0 Å². The summed E-state index contributed by atoms with van der Waals surface area (Å²) in [5.41, 5.74) is 1.20. The molecule has 2 heterocycles. The lowest BCUT2D eigenvalue weighted by atomic mass is 10.0. The molecule has 0 amide bonds. The van der Waals surface area contributed by atoms with Crippen molar-refractivity contribution in [1.82, 2.24) is 4.90 Å². The van der Waals surface area contributed by atoms with Crippen LogP contribution in [0.5, 0.6) is 0 Å². The lowest BCUT2D eigenvalue weighted by molar-refractivity contribution is -0.247. The largest absolute Gasteiger partial charge is 0.372 e. The second-order valence-corrected chi connectivity index (χ2v) is 5.67.